The van der Waals surface area contributed by atoms with E-state index in [1.54, 1.807) is 24.3 Å². The molecule has 0 fully saturated rings. The maximum absolute atomic E-state index is 11.5. The molecule has 2 aromatic rings. The van der Waals surface area contributed by atoms with Gasteiger partial charge in [0.1, 0.15) is 0 Å². The van der Waals surface area contributed by atoms with Crippen LogP contribution in [0.4, 0.5) is 0 Å². The van der Waals surface area contributed by atoms with E-state index >= 15 is 0 Å². The highest BCUT2D eigenvalue weighted by atomic mass is 16.3. The van der Waals surface area contributed by atoms with Gasteiger partial charge in [-0.05, 0) is 12.1 Å². The van der Waals surface area contributed by atoms with Crippen molar-refractivity contribution in [2.45, 2.75) is 0 Å². The van der Waals surface area contributed by atoms with E-state index < -0.39 is 6.01 Å². The van der Waals surface area contributed by atoms with Crippen molar-refractivity contribution in [3.05, 3.63) is 34.6 Å². The molecule has 0 spiro atoms. The van der Waals surface area contributed by atoms with Crippen molar-refractivity contribution in [1.82, 2.24) is 9.55 Å². The van der Waals surface area contributed by atoms with E-state index in [1.807, 2.05) is 0 Å². The third-order valence-electron chi connectivity index (χ3n) is 1.94. The number of fused-ring (bicyclic) bond motifs is 1. The zero-order valence-corrected chi connectivity index (χ0v) is 7.02. The second kappa shape index (κ2) is 2.58. The Labute approximate surface area is 74.1 Å². The van der Waals surface area contributed by atoms with Gasteiger partial charge in [-0.25, -0.2) is 5.11 Å². The Morgan fingerprint density at radius 2 is 2.00 bits per heavy atom. The highest BCUT2D eigenvalue weighted by molar-refractivity contribution is 5.77. The molecular weight excluding hydrogens is 168 g/mol. The summed E-state index contributed by atoms with van der Waals surface area (Å²) in [6, 6.07) is 6.29. The SMILES string of the molecule is Cn1c([O])nc2ccccc2c1=O. The summed E-state index contributed by atoms with van der Waals surface area (Å²) < 4.78 is 1.00. The van der Waals surface area contributed by atoms with Crippen LogP contribution in [0.25, 0.3) is 10.9 Å². The van der Waals surface area contributed by atoms with Crippen LogP contribution in [0.5, 0.6) is 6.01 Å². The van der Waals surface area contributed by atoms with Gasteiger partial charge >= 0.3 is 6.01 Å². The zero-order chi connectivity index (χ0) is 9.42. The summed E-state index contributed by atoms with van der Waals surface area (Å²) in [5.74, 6) is 0. The monoisotopic (exact) mass is 175 g/mol. The Balaban J connectivity index is 3.03. The van der Waals surface area contributed by atoms with E-state index in [0.717, 1.165) is 4.57 Å². The Kier molecular flexibility index (Phi) is 1.55. The average Bonchev–Trinajstić information content (AvgIpc) is 2.15. The summed E-state index contributed by atoms with van der Waals surface area (Å²) in [4.78, 5) is 15.2. The van der Waals surface area contributed by atoms with Crippen LogP contribution < -0.4 is 5.56 Å². The van der Waals surface area contributed by atoms with Crippen LogP contribution in [0.2, 0.25) is 0 Å². The van der Waals surface area contributed by atoms with Crippen LogP contribution >= 0.6 is 0 Å². The van der Waals surface area contributed by atoms with Gasteiger partial charge < -0.3 is 0 Å². The molecule has 13 heavy (non-hydrogen) atoms. The molecule has 0 unspecified atom stereocenters. The average molecular weight is 175 g/mol. The Morgan fingerprint density at radius 1 is 1.31 bits per heavy atom. The third-order valence-corrected chi connectivity index (χ3v) is 1.94. The molecule has 2 rings (SSSR count). The molecule has 0 saturated carbocycles. The van der Waals surface area contributed by atoms with Gasteiger partial charge in [0, 0.05) is 7.05 Å². The van der Waals surface area contributed by atoms with Crippen LogP contribution in [0, 0.1) is 0 Å². The summed E-state index contributed by atoms with van der Waals surface area (Å²) in [6.45, 7) is 0. The number of nitrogens with zero attached hydrogens (tertiary/aromatic N) is 2. The maximum atomic E-state index is 11.5. The van der Waals surface area contributed by atoms with Crippen molar-refractivity contribution >= 4 is 10.9 Å². The first kappa shape index (κ1) is 7.79. The molecule has 0 amide bonds. The zero-order valence-electron chi connectivity index (χ0n) is 7.02. The van der Waals surface area contributed by atoms with Gasteiger partial charge in [-0.1, -0.05) is 12.1 Å². The quantitative estimate of drug-likeness (QED) is 0.601. The molecule has 0 saturated heterocycles. The van der Waals surface area contributed by atoms with Crippen molar-refractivity contribution in [2.24, 2.45) is 7.05 Å². The number of hydrogen-bond donors (Lipinski definition) is 0. The molecule has 0 atom stereocenters. The second-order valence-corrected chi connectivity index (χ2v) is 2.78. The Bertz CT molecular complexity index is 516. The summed E-state index contributed by atoms with van der Waals surface area (Å²) in [5.41, 5.74) is 0.159. The molecular formula is C9H7N2O2. The van der Waals surface area contributed by atoms with E-state index in [2.05, 4.69) is 4.98 Å². The van der Waals surface area contributed by atoms with Gasteiger partial charge in [0.05, 0.1) is 10.9 Å². The first-order chi connectivity index (χ1) is 6.20. The lowest BCUT2D eigenvalue weighted by atomic mass is 10.2. The summed E-state index contributed by atoms with van der Waals surface area (Å²) in [7, 11) is 1.42. The number of benzene rings is 1. The number of aromatic nitrogens is 2. The van der Waals surface area contributed by atoms with Crippen LogP contribution in [0.1, 0.15) is 0 Å². The molecule has 0 bridgehead atoms. The predicted octanol–water partition coefficient (Wildman–Crippen LogP) is 1.08. The number of rotatable bonds is 0. The molecule has 1 aromatic heterocycles. The first-order valence-electron chi connectivity index (χ1n) is 3.83. The van der Waals surface area contributed by atoms with Gasteiger partial charge in [0.15, 0.2) is 0 Å². The van der Waals surface area contributed by atoms with E-state index in [0.29, 0.717) is 10.9 Å². The highest BCUT2D eigenvalue weighted by Crippen LogP contribution is 2.09. The van der Waals surface area contributed by atoms with E-state index in [9.17, 15) is 9.90 Å². The fraction of sp³-hybridized carbons (Fsp3) is 0.111. The summed E-state index contributed by atoms with van der Waals surface area (Å²) in [5, 5.41) is 11.6. The van der Waals surface area contributed by atoms with Crippen molar-refractivity contribution in [3.8, 4) is 6.01 Å². The van der Waals surface area contributed by atoms with E-state index in [4.69, 9.17) is 0 Å². The molecule has 1 heterocycles. The van der Waals surface area contributed by atoms with Gasteiger partial charge in [-0.3, -0.25) is 9.36 Å². The van der Waals surface area contributed by atoms with Gasteiger partial charge in [-0.2, -0.15) is 4.98 Å². The smallest absolute Gasteiger partial charge is 0.268 e. The van der Waals surface area contributed by atoms with Gasteiger partial charge in [0.25, 0.3) is 5.56 Å². The van der Waals surface area contributed by atoms with Crippen molar-refractivity contribution in [3.63, 3.8) is 0 Å². The van der Waals surface area contributed by atoms with Crippen LogP contribution in [0.3, 0.4) is 0 Å². The fourth-order valence-corrected chi connectivity index (χ4v) is 1.20. The lowest BCUT2D eigenvalue weighted by molar-refractivity contribution is 0.300. The van der Waals surface area contributed by atoms with Crippen molar-refractivity contribution in [2.75, 3.05) is 0 Å². The lowest BCUT2D eigenvalue weighted by Gasteiger charge is -1.99. The van der Waals surface area contributed by atoms with Gasteiger partial charge in [0.2, 0.25) is 0 Å². The van der Waals surface area contributed by atoms with Crippen LogP contribution in [-0.4, -0.2) is 9.55 Å². The number of hydrogen-bond acceptors (Lipinski definition) is 2. The molecule has 1 aromatic carbocycles. The molecule has 0 aliphatic rings. The highest BCUT2D eigenvalue weighted by Gasteiger charge is 2.06. The lowest BCUT2D eigenvalue weighted by Crippen LogP contribution is -2.17. The standard InChI is InChI=1S/C9H7N2O2/c1-11-8(12)6-4-2-3-5-7(6)10-9(11)13/h2-5H,1H3. The van der Waals surface area contributed by atoms with E-state index in [1.165, 1.54) is 7.05 Å². The summed E-state index contributed by atoms with van der Waals surface area (Å²) in [6.07, 6.45) is 0. The minimum absolute atomic E-state index is 0.296. The molecule has 0 aliphatic heterocycles. The minimum Gasteiger partial charge on any atom is -0.268 e. The minimum atomic E-state index is -0.510. The largest absolute Gasteiger partial charge is 0.350 e. The molecule has 4 heteroatoms. The maximum Gasteiger partial charge on any atom is 0.350 e. The first-order valence-corrected chi connectivity index (χ1v) is 3.83. The fourth-order valence-electron chi connectivity index (χ4n) is 1.20. The topological polar surface area (TPSA) is 54.8 Å². The van der Waals surface area contributed by atoms with E-state index in [-0.39, 0.29) is 5.56 Å². The van der Waals surface area contributed by atoms with Crippen LogP contribution in [0.15, 0.2) is 29.1 Å². The second-order valence-electron chi connectivity index (χ2n) is 2.78. The van der Waals surface area contributed by atoms with Crippen LogP contribution in [-0.2, 0) is 12.2 Å². The Hall–Kier alpha value is -1.84. The Morgan fingerprint density at radius 3 is 2.77 bits per heavy atom. The van der Waals surface area contributed by atoms with Crippen molar-refractivity contribution in [1.29, 1.82) is 0 Å². The summed E-state index contributed by atoms with van der Waals surface area (Å²) >= 11 is 0. The normalized spacial score (nSPS) is 10.5. The molecule has 4 nitrogen and oxygen atoms in total. The van der Waals surface area contributed by atoms with Crippen molar-refractivity contribution < 1.29 is 5.11 Å². The predicted molar refractivity (Wildman–Crippen MR) is 47.1 cm³/mol. The number of para-hydroxylation sites is 1. The molecule has 0 aliphatic carbocycles. The molecule has 1 radical (unpaired) electrons. The molecule has 0 N–H and O–H groups in total. The third kappa shape index (κ3) is 1.07. The van der Waals surface area contributed by atoms with Gasteiger partial charge in [-0.15, -0.1) is 0 Å². The molecule has 65 valence electrons.